The summed E-state index contributed by atoms with van der Waals surface area (Å²) in [4.78, 5) is 64.6. The number of carbonyl (C=O) groups excluding carboxylic acids is 2. The Morgan fingerprint density at radius 1 is 0.529 bits per heavy atom. The number of benzene rings is 4. The monoisotopic (exact) mass is 1030 g/mol. The number of rotatable bonds is 10. The molecule has 14 nitrogen and oxygen atoms in total. The van der Waals surface area contributed by atoms with E-state index in [0.29, 0.717) is 74.4 Å². The van der Waals surface area contributed by atoms with Crippen LogP contribution in [0, 0.1) is 11.8 Å². The second-order valence-electron chi connectivity index (χ2n) is 19.3. The van der Waals surface area contributed by atoms with Gasteiger partial charge in [-0.15, -0.1) is 0 Å². The molecule has 16 heteroatoms. The highest BCUT2D eigenvalue weighted by atomic mass is 79.9. The standard InChI is InChI=1S/C27H31BrN4O3.C27H31ClN4O3/c2*28-20-5-7-21(8-6-20)30-27(35)32-15-11-19(12-16-32)25(26(33)34)31-13-9-18(10-14-31)23-17-29-24-4-2-1-3-22(23)24/h2*1-8,17-19,25,29H,9-16H2,(H,30,35)(H,33,34). The Morgan fingerprint density at radius 3 is 1.29 bits per heavy atom. The lowest BCUT2D eigenvalue weighted by atomic mass is 9.84. The minimum atomic E-state index is -0.750. The van der Waals surface area contributed by atoms with E-state index < -0.39 is 24.0 Å². The summed E-state index contributed by atoms with van der Waals surface area (Å²) in [5.74, 6) is -0.519. The number of carboxylic acid groups (broad SMARTS) is 2. The fourth-order valence-electron chi connectivity index (χ4n) is 11.5. The number of aromatic nitrogens is 2. The molecule has 6 heterocycles. The Hall–Kier alpha value is -5.87. The molecule has 0 radical (unpaired) electrons. The molecule has 6 N–H and O–H groups in total. The quantitative estimate of drug-likeness (QED) is 0.0785. The molecule has 4 saturated heterocycles. The van der Waals surface area contributed by atoms with Crippen molar-refractivity contribution in [3.05, 3.63) is 130 Å². The van der Waals surface area contributed by atoms with Crippen LogP contribution in [0.2, 0.25) is 5.02 Å². The summed E-state index contributed by atoms with van der Waals surface area (Å²) in [5.41, 5.74) is 6.44. The number of hydrogen-bond acceptors (Lipinski definition) is 6. The molecule has 0 saturated carbocycles. The molecular weight excluding hydrogens is 972 g/mol. The van der Waals surface area contributed by atoms with E-state index >= 15 is 0 Å². The molecule has 4 aliphatic heterocycles. The van der Waals surface area contributed by atoms with E-state index in [9.17, 15) is 29.4 Å². The number of aliphatic carboxylic acids is 2. The van der Waals surface area contributed by atoms with Crippen LogP contribution in [0.15, 0.2) is 114 Å². The van der Waals surface area contributed by atoms with Gasteiger partial charge in [0, 0.05) is 81.2 Å². The zero-order valence-electron chi connectivity index (χ0n) is 39.2. The molecule has 6 aromatic rings. The Morgan fingerprint density at radius 2 is 0.900 bits per heavy atom. The number of halogens is 2. The van der Waals surface area contributed by atoms with E-state index in [-0.39, 0.29) is 23.9 Å². The number of carbonyl (C=O) groups is 4. The second-order valence-corrected chi connectivity index (χ2v) is 20.6. The van der Waals surface area contributed by atoms with Gasteiger partial charge in [0.05, 0.1) is 0 Å². The number of piperidine rings is 4. The number of fused-ring (bicyclic) bond motifs is 2. The van der Waals surface area contributed by atoms with E-state index in [1.807, 2.05) is 36.4 Å². The Bertz CT molecular complexity index is 2550. The average Bonchev–Trinajstić information content (AvgIpc) is 4.02. The SMILES string of the molecule is O=C(O)C(C1CCN(C(=O)Nc2ccc(Br)cc2)CC1)N1CCC(c2c[nH]c3ccccc23)CC1.O=C(O)C(C1CCN(C(=O)Nc2ccc(Cl)cc2)CC1)N1CCC(c2c[nH]c3ccccc23)CC1. The fraction of sp³-hybridized carbons (Fsp3) is 0.407. The number of nitrogens with one attached hydrogen (secondary N) is 4. The summed E-state index contributed by atoms with van der Waals surface area (Å²) in [5, 5.41) is 29.2. The van der Waals surface area contributed by atoms with Crippen molar-refractivity contribution in [1.29, 1.82) is 0 Å². The molecule has 4 aromatic carbocycles. The van der Waals surface area contributed by atoms with Crippen LogP contribution in [0.5, 0.6) is 0 Å². The predicted molar refractivity (Wildman–Crippen MR) is 279 cm³/mol. The minimum Gasteiger partial charge on any atom is -0.480 e. The van der Waals surface area contributed by atoms with Crippen LogP contribution in [-0.2, 0) is 9.59 Å². The Kier molecular flexibility index (Phi) is 15.8. The number of para-hydroxylation sites is 2. The molecule has 2 unspecified atom stereocenters. The van der Waals surface area contributed by atoms with Crippen LogP contribution in [0.4, 0.5) is 21.0 Å². The first kappa shape index (κ1) is 49.1. The number of likely N-dealkylation sites (tertiary alicyclic amines) is 4. The molecule has 4 aliphatic rings. The first-order valence-electron chi connectivity index (χ1n) is 24.7. The van der Waals surface area contributed by atoms with E-state index in [0.717, 1.165) is 73.1 Å². The maximum atomic E-state index is 12.7. The normalized spacial score (nSPS) is 19.1. The highest BCUT2D eigenvalue weighted by molar-refractivity contribution is 9.10. The number of aromatic amines is 2. The maximum Gasteiger partial charge on any atom is 0.321 e. The highest BCUT2D eigenvalue weighted by Crippen LogP contribution is 2.37. The minimum absolute atomic E-state index is 0.0386. The number of H-pyrrole nitrogens is 2. The van der Waals surface area contributed by atoms with Crippen LogP contribution < -0.4 is 10.6 Å². The van der Waals surface area contributed by atoms with Gasteiger partial charge < -0.3 is 40.6 Å². The lowest BCUT2D eigenvalue weighted by molar-refractivity contribution is -0.147. The molecule has 2 aromatic heterocycles. The van der Waals surface area contributed by atoms with Gasteiger partial charge in [-0.2, -0.15) is 0 Å². The average molecular weight is 1030 g/mol. The van der Waals surface area contributed by atoms with Gasteiger partial charge in [-0.05, 0) is 173 Å². The highest BCUT2D eigenvalue weighted by Gasteiger charge is 2.40. The van der Waals surface area contributed by atoms with Crippen molar-refractivity contribution in [2.45, 2.75) is 75.3 Å². The van der Waals surface area contributed by atoms with Crippen LogP contribution >= 0.6 is 27.5 Å². The number of carboxylic acids is 2. The van der Waals surface area contributed by atoms with Crippen molar-refractivity contribution < 1.29 is 29.4 Å². The summed E-state index contributed by atoms with van der Waals surface area (Å²) in [6.45, 7) is 5.37. The van der Waals surface area contributed by atoms with Crippen LogP contribution in [0.1, 0.15) is 74.3 Å². The molecule has 4 fully saturated rings. The summed E-state index contributed by atoms with van der Waals surface area (Å²) < 4.78 is 0.960. The second kappa shape index (κ2) is 22.5. The van der Waals surface area contributed by atoms with Crippen molar-refractivity contribution >= 4 is 84.7 Å². The third-order valence-corrected chi connectivity index (χ3v) is 16.0. The van der Waals surface area contributed by atoms with Gasteiger partial charge in [-0.3, -0.25) is 19.4 Å². The first-order chi connectivity index (χ1) is 34.0. The van der Waals surface area contributed by atoms with Gasteiger partial charge in [0.1, 0.15) is 12.1 Å². The van der Waals surface area contributed by atoms with Crippen molar-refractivity contribution in [2.24, 2.45) is 11.8 Å². The summed E-state index contributed by atoms with van der Waals surface area (Å²) in [7, 11) is 0. The third kappa shape index (κ3) is 11.5. The van der Waals surface area contributed by atoms with E-state index in [1.165, 1.54) is 21.9 Å². The summed E-state index contributed by atoms with van der Waals surface area (Å²) >= 11 is 9.31. The Balaban J connectivity index is 0.000000174. The largest absolute Gasteiger partial charge is 0.480 e. The van der Waals surface area contributed by atoms with Crippen LogP contribution in [0.25, 0.3) is 21.8 Å². The molecule has 0 spiro atoms. The number of anilines is 2. The van der Waals surface area contributed by atoms with Gasteiger partial charge in [0.2, 0.25) is 0 Å². The zero-order valence-corrected chi connectivity index (χ0v) is 41.6. The molecule has 4 amide bonds. The van der Waals surface area contributed by atoms with Crippen LogP contribution in [-0.4, -0.2) is 128 Å². The van der Waals surface area contributed by atoms with Gasteiger partial charge in [-0.1, -0.05) is 63.9 Å². The molecule has 70 heavy (non-hydrogen) atoms. The van der Waals surface area contributed by atoms with E-state index in [2.05, 4.69) is 95.1 Å². The van der Waals surface area contributed by atoms with Crippen molar-refractivity contribution in [2.75, 3.05) is 63.0 Å². The van der Waals surface area contributed by atoms with Gasteiger partial charge in [0.25, 0.3) is 0 Å². The van der Waals surface area contributed by atoms with E-state index in [4.69, 9.17) is 11.6 Å². The lowest BCUT2D eigenvalue weighted by Crippen LogP contribution is -2.52. The van der Waals surface area contributed by atoms with E-state index in [1.54, 1.807) is 34.1 Å². The molecule has 368 valence electrons. The topological polar surface area (TPSA) is 177 Å². The van der Waals surface area contributed by atoms with Gasteiger partial charge in [0.15, 0.2) is 0 Å². The molecule has 0 aliphatic carbocycles. The van der Waals surface area contributed by atoms with Gasteiger partial charge in [-0.25, -0.2) is 9.59 Å². The third-order valence-electron chi connectivity index (χ3n) is 15.2. The van der Waals surface area contributed by atoms with Crippen molar-refractivity contribution in [3.63, 3.8) is 0 Å². The van der Waals surface area contributed by atoms with Gasteiger partial charge >= 0.3 is 24.0 Å². The number of nitrogens with zero attached hydrogens (tertiary/aromatic N) is 4. The first-order valence-corrected chi connectivity index (χ1v) is 25.8. The van der Waals surface area contributed by atoms with Crippen molar-refractivity contribution in [1.82, 2.24) is 29.6 Å². The predicted octanol–water partition coefficient (Wildman–Crippen LogP) is 10.9. The zero-order chi connectivity index (χ0) is 48.7. The number of hydrogen-bond donors (Lipinski definition) is 6. The summed E-state index contributed by atoms with van der Waals surface area (Å²) in [6.07, 6.45) is 10.8. The number of amides is 4. The summed E-state index contributed by atoms with van der Waals surface area (Å²) in [6, 6.07) is 30.0. The molecule has 2 atom stereocenters. The van der Waals surface area contributed by atoms with Crippen molar-refractivity contribution in [3.8, 4) is 0 Å². The fourth-order valence-corrected chi connectivity index (χ4v) is 11.9. The smallest absolute Gasteiger partial charge is 0.321 e. The molecule has 0 bridgehead atoms. The van der Waals surface area contributed by atoms with Crippen LogP contribution in [0.3, 0.4) is 0 Å². The molecular formula is C54H62BrClN8O6. The maximum absolute atomic E-state index is 12.7. The Labute approximate surface area is 421 Å². The molecule has 10 rings (SSSR count). The lowest BCUT2D eigenvalue weighted by Gasteiger charge is -2.41. The number of urea groups is 2.